The molecule has 0 aliphatic heterocycles. The number of unbranched alkanes of at least 4 members (excludes halogenated alkanes) is 6. The van der Waals surface area contributed by atoms with Crippen LogP contribution in [0, 0.1) is 0 Å². The van der Waals surface area contributed by atoms with Gasteiger partial charge in [-0.25, -0.2) is 14.4 Å². The van der Waals surface area contributed by atoms with Crippen molar-refractivity contribution in [3.8, 4) is 0 Å². The van der Waals surface area contributed by atoms with Crippen LogP contribution in [-0.4, -0.2) is 96.5 Å². The maximum Gasteiger partial charge on any atom is 0.414 e. The van der Waals surface area contributed by atoms with Crippen LogP contribution in [-0.2, 0) is 30.3 Å². The number of rotatable bonds is 20. The Morgan fingerprint density at radius 1 is 0.625 bits per heavy atom. The summed E-state index contributed by atoms with van der Waals surface area (Å²) in [5.41, 5.74) is -0.776. The molecular weight excluding hydrogens is 718 g/mol. The lowest BCUT2D eigenvalue weighted by Gasteiger charge is -2.25. The zero-order valence-corrected chi connectivity index (χ0v) is 35.7. The largest absolute Gasteiger partial charge is 0.444 e. The standard InChI is InChI=1S/C41H71N7O8/c1-31(45-36(51)54-39(2,3)4)24-29-48(30-32-22-16-15-17-23-32)28-21-20-26-43-34(50)33(49)42-25-18-13-11-12-14-19-27-44-35(46-37(52)55-40(5,6)7)47-38(53)56-41(8,9)10/h15-17,22-23,31H,11-14,18-21,24-30H2,1-10H3,(H,42,49)(H,43,50)(H,45,51)(H2,44,46,47,52,53). The zero-order valence-electron chi connectivity index (χ0n) is 35.7. The molecule has 1 aromatic carbocycles. The molecule has 0 spiro atoms. The maximum atomic E-state index is 12.3. The van der Waals surface area contributed by atoms with Gasteiger partial charge in [0, 0.05) is 38.8 Å². The fourth-order valence-electron chi connectivity index (χ4n) is 5.14. The van der Waals surface area contributed by atoms with Gasteiger partial charge in [0.1, 0.15) is 16.8 Å². The van der Waals surface area contributed by atoms with Gasteiger partial charge in [0.05, 0.1) is 0 Å². The Labute approximate surface area is 335 Å². The van der Waals surface area contributed by atoms with E-state index >= 15 is 0 Å². The molecule has 0 bridgehead atoms. The van der Waals surface area contributed by atoms with Crippen LogP contribution in [0.1, 0.15) is 133 Å². The summed E-state index contributed by atoms with van der Waals surface area (Å²) >= 11 is 0. The van der Waals surface area contributed by atoms with Crippen LogP contribution in [0.4, 0.5) is 14.4 Å². The molecule has 0 heterocycles. The fourth-order valence-corrected chi connectivity index (χ4v) is 5.14. The monoisotopic (exact) mass is 790 g/mol. The summed E-state index contributed by atoms with van der Waals surface area (Å²) in [4.78, 5) is 67.9. The third kappa shape index (κ3) is 28.1. The average molecular weight is 790 g/mol. The topological polar surface area (TPSA) is 189 Å². The van der Waals surface area contributed by atoms with Gasteiger partial charge in [0.15, 0.2) is 0 Å². The molecule has 0 saturated heterocycles. The summed E-state index contributed by atoms with van der Waals surface area (Å²) in [6.45, 7) is 21.5. The van der Waals surface area contributed by atoms with E-state index in [1.54, 1.807) is 41.5 Å². The lowest BCUT2D eigenvalue weighted by atomic mass is 10.1. The molecule has 318 valence electrons. The molecule has 1 rings (SSSR count). The third-order valence-corrected chi connectivity index (χ3v) is 7.66. The average Bonchev–Trinajstić information content (AvgIpc) is 3.05. The normalized spacial score (nSPS) is 12.2. The van der Waals surface area contributed by atoms with Gasteiger partial charge >= 0.3 is 30.1 Å². The van der Waals surface area contributed by atoms with E-state index in [9.17, 15) is 24.0 Å². The Balaban J connectivity index is 2.32. The molecule has 1 unspecified atom stereocenters. The highest BCUT2D eigenvalue weighted by Gasteiger charge is 2.22. The fraction of sp³-hybridized carbons (Fsp3) is 0.707. The van der Waals surface area contributed by atoms with Gasteiger partial charge < -0.3 is 30.2 Å². The number of benzene rings is 1. The van der Waals surface area contributed by atoms with Crippen molar-refractivity contribution in [2.24, 2.45) is 4.99 Å². The van der Waals surface area contributed by atoms with Gasteiger partial charge in [-0.05, 0) is 113 Å². The van der Waals surface area contributed by atoms with Crippen molar-refractivity contribution in [3.05, 3.63) is 35.9 Å². The van der Waals surface area contributed by atoms with Crippen LogP contribution in [0.25, 0.3) is 0 Å². The first-order valence-corrected chi connectivity index (χ1v) is 20.0. The van der Waals surface area contributed by atoms with Gasteiger partial charge in [0.2, 0.25) is 5.96 Å². The second-order valence-corrected chi connectivity index (χ2v) is 16.9. The lowest BCUT2D eigenvalue weighted by Crippen LogP contribution is -2.47. The number of hydrogen-bond donors (Lipinski definition) is 5. The predicted molar refractivity (Wildman–Crippen MR) is 219 cm³/mol. The van der Waals surface area contributed by atoms with E-state index < -0.39 is 46.9 Å². The van der Waals surface area contributed by atoms with Crippen molar-refractivity contribution < 1.29 is 38.2 Å². The van der Waals surface area contributed by atoms with Gasteiger partial charge in [0.25, 0.3) is 0 Å². The number of carbonyl (C=O) groups is 5. The molecule has 0 aliphatic carbocycles. The Kier molecular flexibility index (Phi) is 22.8. The molecule has 15 nitrogen and oxygen atoms in total. The van der Waals surface area contributed by atoms with E-state index in [0.29, 0.717) is 19.6 Å². The molecule has 56 heavy (non-hydrogen) atoms. The van der Waals surface area contributed by atoms with E-state index in [0.717, 1.165) is 77.4 Å². The first-order valence-electron chi connectivity index (χ1n) is 20.0. The Bertz CT molecular complexity index is 1340. The third-order valence-electron chi connectivity index (χ3n) is 7.66. The number of nitrogens with zero attached hydrogens (tertiary/aromatic N) is 2. The van der Waals surface area contributed by atoms with Gasteiger partial charge in [-0.2, -0.15) is 0 Å². The second kappa shape index (κ2) is 25.7. The van der Waals surface area contributed by atoms with E-state index in [1.807, 2.05) is 45.9 Å². The molecule has 0 aromatic heterocycles. The molecule has 5 amide bonds. The summed E-state index contributed by atoms with van der Waals surface area (Å²) < 4.78 is 15.9. The van der Waals surface area contributed by atoms with Crippen molar-refractivity contribution in [2.75, 3.05) is 32.7 Å². The Morgan fingerprint density at radius 2 is 1.09 bits per heavy atom. The van der Waals surface area contributed by atoms with Crippen molar-refractivity contribution >= 4 is 36.1 Å². The van der Waals surface area contributed by atoms with Crippen LogP contribution < -0.4 is 26.6 Å². The second-order valence-electron chi connectivity index (χ2n) is 16.9. The first kappa shape index (κ1) is 49.6. The molecule has 1 aromatic rings. The van der Waals surface area contributed by atoms with Gasteiger partial charge in [-0.3, -0.25) is 30.1 Å². The number of amides is 5. The number of alkyl carbamates (subject to hydrolysis) is 3. The predicted octanol–water partition coefficient (Wildman–Crippen LogP) is 6.55. The van der Waals surface area contributed by atoms with Crippen LogP contribution in [0.15, 0.2) is 35.3 Å². The number of aliphatic imine (C=N–C) groups is 1. The molecule has 0 aliphatic rings. The molecule has 15 heteroatoms. The SMILES string of the molecule is CC(CCN(CCCCNC(=O)C(=O)NCCCCCCCCN=C(NC(=O)OC(C)(C)C)NC(=O)OC(C)(C)C)Cc1ccccc1)NC(=O)OC(C)(C)C. The number of hydrogen-bond acceptors (Lipinski definition) is 10. The molecule has 0 fully saturated rings. The number of ether oxygens (including phenoxy) is 3. The minimum atomic E-state index is -0.733. The van der Waals surface area contributed by atoms with E-state index in [1.165, 1.54) is 5.56 Å². The number of carbonyl (C=O) groups excluding carboxylic acids is 5. The number of guanidine groups is 1. The Hall–Kier alpha value is -4.40. The van der Waals surface area contributed by atoms with E-state index in [4.69, 9.17) is 14.2 Å². The molecule has 1 atom stereocenters. The maximum absolute atomic E-state index is 12.3. The molecule has 0 saturated carbocycles. The van der Waals surface area contributed by atoms with Crippen molar-refractivity contribution in [3.63, 3.8) is 0 Å². The smallest absolute Gasteiger partial charge is 0.414 e. The minimum absolute atomic E-state index is 0.0355. The highest BCUT2D eigenvalue weighted by molar-refractivity contribution is 6.35. The summed E-state index contributed by atoms with van der Waals surface area (Å²) in [6, 6.07) is 10.2. The quantitative estimate of drug-likeness (QED) is 0.0321. The summed E-state index contributed by atoms with van der Waals surface area (Å²) in [5.74, 6) is -1.29. The van der Waals surface area contributed by atoms with Crippen LogP contribution in [0.2, 0.25) is 0 Å². The highest BCUT2D eigenvalue weighted by Crippen LogP contribution is 2.11. The number of nitrogens with one attached hydrogen (secondary N) is 5. The Morgan fingerprint density at radius 3 is 1.61 bits per heavy atom. The summed E-state index contributed by atoms with van der Waals surface area (Å²) in [5, 5.41) is 13.3. The first-order chi connectivity index (χ1) is 26.1. The van der Waals surface area contributed by atoms with Crippen molar-refractivity contribution in [1.29, 1.82) is 0 Å². The van der Waals surface area contributed by atoms with Crippen LogP contribution >= 0.6 is 0 Å². The van der Waals surface area contributed by atoms with Gasteiger partial charge in [-0.1, -0.05) is 56.0 Å². The van der Waals surface area contributed by atoms with Crippen LogP contribution in [0.3, 0.4) is 0 Å². The van der Waals surface area contributed by atoms with E-state index in [-0.39, 0.29) is 12.0 Å². The van der Waals surface area contributed by atoms with Gasteiger partial charge in [-0.15, -0.1) is 0 Å². The molecule has 0 radical (unpaired) electrons. The summed E-state index contributed by atoms with van der Waals surface area (Å²) in [7, 11) is 0. The molecule has 5 N–H and O–H groups in total. The molecular formula is C41H71N7O8. The van der Waals surface area contributed by atoms with Crippen molar-refractivity contribution in [1.82, 2.24) is 31.5 Å². The zero-order chi connectivity index (χ0) is 42.2. The minimum Gasteiger partial charge on any atom is -0.444 e. The highest BCUT2D eigenvalue weighted by atomic mass is 16.6. The van der Waals surface area contributed by atoms with Crippen molar-refractivity contribution in [2.45, 2.75) is 156 Å². The summed E-state index contributed by atoms with van der Waals surface area (Å²) in [6.07, 6.45) is 5.60. The van der Waals surface area contributed by atoms with Crippen LogP contribution in [0.5, 0.6) is 0 Å². The lowest BCUT2D eigenvalue weighted by molar-refractivity contribution is -0.139. The van der Waals surface area contributed by atoms with E-state index in [2.05, 4.69) is 48.6 Å².